The lowest BCUT2D eigenvalue weighted by Gasteiger charge is -2.35. The molecule has 1 aromatic rings. The van der Waals surface area contributed by atoms with Crippen molar-refractivity contribution in [2.24, 2.45) is 5.92 Å². The molecule has 7 heteroatoms. The number of carboxylic acids is 1. The van der Waals surface area contributed by atoms with E-state index in [1.165, 1.54) is 0 Å². The molecular weight excluding hydrogens is 348 g/mol. The normalized spacial score (nSPS) is 20.7. The van der Waals surface area contributed by atoms with E-state index in [4.69, 9.17) is 9.84 Å². The minimum absolute atomic E-state index is 0.0103. The van der Waals surface area contributed by atoms with E-state index < -0.39 is 11.9 Å². The van der Waals surface area contributed by atoms with Crippen LogP contribution in [0.25, 0.3) is 0 Å². The van der Waals surface area contributed by atoms with Crippen molar-refractivity contribution in [3.05, 3.63) is 35.9 Å². The summed E-state index contributed by atoms with van der Waals surface area (Å²) in [4.78, 5) is 39.9. The van der Waals surface area contributed by atoms with E-state index in [9.17, 15) is 14.4 Å². The molecule has 2 aliphatic rings. The van der Waals surface area contributed by atoms with Crippen molar-refractivity contribution >= 4 is 17.8 Å². The molecule has 0 radical (unpaired) electrons. The summed E-state index contributed by atoms with van der Waals surface area (Å²) in [5.41, 5.74) is 1.03. The van der Waals surface area contributed by atoms with Gasteiger partial charge >= 0.3 is 5.97 Å². The largest absolute Gasteiger partial charge is 0.481 e. The Morgan fingerprint density at radius 1 is 1.19 bits per heavy atom. The Morgan fingerprint density at radius 2 is 1.89 bits per heavy atom. The molecule has 3 rings (SSSR count). The third-order valence-corrected chi connectivity index (χ3v) is 5.26. The second kappa shape index (κ2) is 8.99. The van der Waals surface area contributed by atoms with Crippen molar-refractivity contribution < 1.29 is 24.2 Å². The molecule has 146 valence electrons. The quantitative estimate of drug-likeness (QED) is 0.782. The molecule has 0 aliphatic carbocycles. The van der Waals surface area contributed by atoms with Crippen LogP contribution in [0.15, 0.2) is 30.3 Å². The van der Waals surface area contributed by atoms with Gasteiger partial charge in [-0.3, -0.25) is 14.4 Å². The molecule has 2 fully saturated rings. The number of carbonyl (C=O) groups excluding carboxylic acids is 2. The van der Waals surface area contributed by atoms with Crippen molar-refractivity contribution in [3.8, 4) is 0 Å². The Labute approximate surface area is 158 Å². The predicted molar refractivity (Wildman–Crippen MR) is 97.8 cm³/mol. The third kappa shape index (κ3) is 5.07. The first-order valence-electron chi connectivity index (χ1n) is 9.46. The molecule has 1 atom stereocenters. The monoisotopic (exact) mass is 374 g/mol. The molecule has 0 aromatic heterocycles. The van der Waals surface area contributed by atoms with Gasteiger partial charge in [0, 0.05) is 45.3 Å². The number of likely N-dealkylation sites (tertiary alicyclic amines) is 1. The van der Waals surface area contributed by atoms with Crippen LogP contribution < -0.4 is 0 Å². The standard InChI is InChI=1S/C20H26N2O5/c23-18-12-16(14-21(18)13-15-4-2-1-3-5-15)20(26)22(9-6-19(24)25)17-7-10-27-11-8-17/h1-5,16-17H,6-14H2,(H,24,25)/t16-/m0/s1. The van der Waals surface area contributed by atoms with E-state index in [1.807, 2.05) is 30.3 Å². The first kappa shape index (κ1) is 19.4. The van der Waals surface area contributed by atoms with E-state index in [0.29, 0.717) is 39.1 Å². The molecule has 0 spiro atoms. The number of nitrogens with zero attached hydrogens (tertiary/aromatic N) is 2. The van der Waals surface area contributed by atoms with Crippen LogP contribution in [0.1, 0.15) is 31.2 Å². The highest BCUT2D eigenvalue weighted by molar-refractivity contribution is 5.89. The second-order valence-corrected chi connectivity index (χ2v) is 7.18. The molecular formula is C20H26N2O5. The number of rotatable bonds is 7. The van der Waals surface area contributed by atoms with Crippen molar-refractivity contribution in [1.82, 2.24) is 9.80 Å². The summed E-state index contributed by atoms with van der Waals surface area (Å²) in [5, 5.41) is 9.03. The fraction of sp³-hybridized carbons (Fsp3) is 0.550. The first-order chi connectivity index (χ1) is 13.0. The smallest absolute Gasteiger partial charge is 0.305 e. The lowest BCUT2D eigenvalue weighted by molar-refractivity contribution is -0.142. The van der Waals surface area contributed by atoms with E-state index in [0.717, 1.165) is 5.56 Å². The number of benzene rings is 1. The van der Waals surface area contributed by atoms with E-state index in [-0.39, 0.29) is 37.2 Å². The maximum Gasteiger partial charge on any atom is 0.305 e. The molecule has 2 amide bonds. The number of ether oxygens (including phenoxy) is 1. The van der Waals surface area contributed by atoms with Gasteiger partial charge < -0.3 is 19.6 Å². The van der Waals surface area contributed by atoms with Crippen LogP contribution >= 0.6 is 0 Å². The first-order valence-corrected chi connectivity index (χ1v) is 9.46. The van der Waals surface area contributed by atoms with Crippen LogP contribution in [0.3, 0.4) is 0 Å². The molecule has 2 aliphatic heterocycles. The Kier molecular flexibility index (Phi) is 6.45. The topological polar surface area (TPSA) is 87.2 Å². The average molecular weight is 374 g/mol. The molecule has 7 nitrogen and oxygen atoms in total. The zero-order valence-electron chi connectivity index (χ0n) is 15.4. The molecule has 2 heterocycles. The van der Waals surface area contributed by atoms with Crippen LogP contribution in [0.4, 0.5) is 0 Å². The maximum atomic E-state index is 13.1. The van der Waals surface area contributed by atoms with Crippen molar-refractivity contribution in [3.63, 3.8) is 0 Å². The van der Waals surface area contributed by atoms with Gasteiger partial charge in [-0.05, 0) is 18.4 Å². The number of carbonyl (C=O) groups is 3. The van der Waals surface area contributed by atoms with Gasteiger partial charge in [0.05, 0.1) is 12.3 Å². The second-order valence-electron chi connectivity index (χ2n) is 7.18. The minimum Gasteiger partial charge on any atom is -0.481 e. The van der Waals surface area contributed by atoms with E-state index in [2.05, 4.69) is 0 Å². The summed E-state index contributed by atoms with van der Waals surface area (Å²) in [6.07, 6.45) is 1.52. The third-order valence-electron chi connectivity index (χ3n) is 5.26. The van der Waals surface area contributed by atoms with Gasteiger partial charge in [0.25, 0.3) is 0 Å². The lowest BCUT2D eigenvalue weighted by Crippen LogP contribution is -2.47. The highest BCUT2D eigenvalue weighted by Gasteiger charge is 2.38. The van der Waals surface area contributed by atoms with Gasteiger partial charge in [0.1, 0.15) is 0 Å². The van der Waals surface area contributed by atoms with Crippen LogP contribution in [0.5, 0.6) is 0 Å². The average Bonchev–Trinajstić information content (AvgIpc) is 3.04. The zero-order chi connectivity index (χ0) is 19.2. The molecule has 0 unspecified atom stereocenters. The van der Waals surface area contributed by atoms with Gasteiger partial charge in [-0.15, -0.1) is 0 Å². The molecule has 1 aromatic carbocycles. The summed E-state index contributed by atoms with van der Waals surface area (Å²) in [6.45, 7) is 2.22. The van der Waals surface area contributed by atoms with Crippen LogP contribution in [-0.2, 0) is 25.7 Å². The predicted octanol–water partition coefficient (Wildman–Crippen LogP) is 1.52. The highest BCUT2D eigenvalue weighted by atomic mass is 16.5. The van der Waals surface area contributed by atoms with E-state index >= 15 is 0 Å². The summed E-state index contributed by atoms with van der Waals surface area (Å²) in [5.74, 6) is -1.46. The Balaban J connectivity index is 1.65. The zero-order valence-corrected chi connectivity index (χ0v) is 15.4. The van der Waals surface area contributed by atoms with Crippen molar-refractivity contribution in [2.45, 2.75) is 38.3 Å². The Morgan fingerprint density at radius 3 is 2.56 bits per heavy atom. The van der Waals surface area contributed by atoms with E-state index in [1.54, 1.807) is 9.80 Å². The van der Waals surface area contributed by atoms with Gasteiger partial charge in [-0.2, -0.15) is 0 Å². The van der Waals surface area contributed by atoms with Crippen molar-refractivity contribution in [2.75, 3.05) is 26.3 Å². The maximum absolute atomic E-state index is 13.1. The van der Waals surface area contributed by atoms with Crippen LogP contribution in [0, 0.1) is 5.92 Å². The van der Waals surface area contributed by atoms with Gasteiger partial charge in [-0.25, -0.2) is 0 Å². The number of aliphatic carboxylic acids is 1. The minimum atomic E-state index is -0.923. The number of amides is 2. The molecule has 2 saturated heterocycles. The number of carboxylic acid groups (broad SMARTS) is 1. The lowest BCUT2D eigenvalue weighted by atomic mass is 10.0. The fourth-order valence-corrected chi connectivity index (χ4v) is 3.81. The SMILES string of the molecule is O=C(O)CCN(C(=O)[C@H]1CC(=O)N(Cc2ccccc2)C1)C1CCOCC1. The molecule has 27 heavy (non-hydrogen) atoms. The highest BCUT2D eigenvalue weighted by Crippen LogP contribution is 2.25. The summed E-state index contributed by atoms with van der Waals surface area (Å²) in [7, 11) is 0. The summed E-state index contributed by atoms with van der Waals surface area (Å²) >= 11 is 0. The summed E-state index contributed by atoms with van der Waals surface area (Å²) in [6, 6.07) is 9.70. The van der Waals surface area contributed by atoms with Gasteiger partial charge in [0.2, 0.25) is 11.8 Å². The fourth-order valence-electron chi connectivity index (χ4n) is 3.81. The van der Waals surface area contributed by atoms with Crippen LogP contribution in [-0.4, -0.2) is 65.0 Å². The Hall–Kier alpha value is -2.41. The van der Waals surface area contributed by atoms with Gasteiger partial charge in [-0.1, -0.05) is 30.3 Å². The molecule has 0 bridgehead atoms. The molecule has 1 N–H and O–H groups in total. The van der Waals surface area contributed by atoms with Gasteiger partial charge in [0.15, 0.2) is 0 Å². The number of hydrogen-bond acceptors (Lipinski definition) is 4. The van der Waals surface area contributed by atoms with Crippen molar-refractivity contribution in [1.29, 1.82) is 0 Å². The number of hydrogen-bond donors (Lipinski definition) is 1. The molecule has 0 saturated carbocycles. The summed E-state index contributed by atoms with van der Waals surface area (Å²) < 4.78 is 5.36. The Bertz CT molecular complexity index is 672. The van der Waals surface area contributed by atoms with Crippen LogP contribution in [0.2, 0.25) is 0 Å².